The number of carbonyl (C=O) groups is 2. The summed E-state index contributed by atoms with van der Waals surface area (Å²) in [5, 5.41) is 2.61. The third-order valence-electron chi connectivity index (χ3n) is 3.88. The van der Waals surface area contributed by atoms with Gasteiger partial charge in [-0.25, -0.2) is 0 Å². The second-order valence-electron chi connectivity index (χ2n) is 6.51. The maximum absolute atomic E-state index is 12.2. The molecular formula is C14H28N4O2. The lowest BCUT2D eigenvalue weighted by molar-refractivity contribution is -0.134. The molecule has 1 unspecified atom stereocenters. The minimum absolute atomic E-state index is 0.0135. The molecule has 0 aromatic carbocycles. The second kappa shape index (κ2) is 7.04. The molecule has 0 spiro atoms. The van der Waals surface area contributed by atoms with Crippen molar-refractivity contribution >= 4 is 11.8 Å². The predicted octanol–water partition coefficient (Wildman–Crippen LogP) is -0.360. The molecular weight excluding hydrogens is 256 g/mol. The molecule has 1 fully saturated rings. The number of nitrogens with two attached hydrogens (primary N) is 1. The number of piperazine rings is 1. The summed E-state index contributed by atoms with van der Waals surface area (Å²) in [6, 6.07) is -0.126. The van der Waals surface area contributed by atoms with Crippen molar-refractivity contribution in [2.45, 2.75) is 33.2 Å². The number of rotatable bonds is 4. The fourth-order valence-electron chi connectivity index (χ4n) is 2.06. The van der Waals surface area contributed by atoms with Gasteiger partial charge in [-0.3, -0.25) is 14.5 Å². The first-order chi connectivity index (χ1) is 9.24. The lowest BCUT2D eigenvalue weighted by atomic mass is 9.85. The molecule has 1 saturated heterocycles. The van der Waals surface area contributed by atoms with Crippen LogP contribution in [0.3, 0.4) is 0 Å². The van der Waals surface area contributed by atoms with Gasteiger partial charge in [0.15, 0.2) is 0 Å². The molecule has 0 aromatic heterocycles. The number of carbonyl (C=O) groups excluding carboxylic acids is 2. The third-order valence-corrected chi connectivity index (χ3v) is 3.88. The summed E-state index contributed by atoms with van der Waals surface area (Å²) < 4.78 is 0. The van der Waals surface area contributed by atoms with E-state index in [1.54, 1.807) is 7.05 Å². The number of likely N-dealkylation sites (N-methyl/N-ethyl adjacent to an activating group) is 1. The fourth-order valence-corrected chi connectivity index (χ4v) is 2.06. The van der Waals surface area contributed by atoms with Crippen LogP contribution in [0.2, 0.25) is 0 Å². The molecule has 20 heavy (non-hydrogen) atoms. The maximum atomic E-state index is 12.2. The van der Waals surface area contributed by atoms with Crippen molar-refractivity contribution in [3.05, 3.63) is 0 Å². The molecule has 6 nitrogen and oxygen atoms in total. The van der Waals surface area contributed by atoms with E-state index in [1.165, 1.54) is 0 Å². The van der Waals surface area contributed by atoms with Gasteiger partial charge in [0.05, 0.1) is 6.54 Å². The van der Waals surface area contributed by atoms with Crippen LogP contribution < -0.4 is 11.1 Å². The largest absolute Gasteiger partial charge is 0.358 e. The smallest absolute Gasteiger partial charge is 0.233 e. The highest BCUT2D eigenvalue weighted by Crippen LogP contribution is 2.20. The first-order valence-electron chi connectivity index (χ1n) is 7.20. The lowest BCUT2D eigenvalue weighted by Gasteiger charge is -2.36. The molecule has 0 radical (unpaired) electrons. The Labute approximate surface area is 121 Å². The minimum atomic E-state index is -0.126. The Balaban J connectivity index is 2.38. The molecule has 0 bridgehead atoms. The Bertz CT molecular complexity index is 344. The minimum Gasteiger partial charge on any atom is -0.358 e. The number of amides is 2. The van der Waals surface area contributed by atoms with Gasteiger partial charge in [0, 0.05) is 45.7 Å². The highest BCUT2D eigenvalue weighted by atomic mass is 16.2. The van der Waals surface area contributed by atoms with Crippen LogP contribution >= 0.6 is 0 Å². The molecule has 116 valence electrons. The van der Waals surface area contributed by atoms with E-state index in [9.17, 15) is 9.59 Å². The average Bonchev–Trinajstić information content (AvgIpc) is 2.38. The van der Waals surface area contributed by atoms with Crippen molar-refractivity contribution in [2.75, 3.05) is 39.8 Å². The van der Waals surface area contributed by atoms with Crippen molar-refractivity contribution in [3.63, 3.8) is 0 Å². The van der Waals surface area contributed by atoms with Crippen molar-refractivity contribution in [2.24, 2.45) is 11.1 Å². The Morgan fingerprint density at radius 3 is 2.20 bits per heavy atom. The van der Waals surface area contributed by atoms with E-state index < -0.39 is 0 Å². The van der Waals surface area contributed by atoms with E-state index in [4.69, 9.17) is 5.73 Å². The third kappa shape index (κ3) is 5.09. The van der Waals surface area contributed by atoms with E-state index in [0.29, 0.717) is 26.1 Å². The predicted molar refractivity (Wildman–Crippen MR) is 79.1 cm³/mol. The zero-order chi connectivity index (χ0) is 15.3. The average molecular weight is 284 g/mol. The van der Waals surface area contributed by atoms with Crippen LogP contribution in [0, 0.1) is 5.41 Å². The molecule has 1 heterocycles. The molecule has 1 aliphatic rings. The van der Waals surface area contributed by atoms with Gasteiger partial charge >= 0.3 is 0 Å². The quantitative estimate of drug-likeness (QED) is 0.739. The van der Waals surface area contributed by atoms with Gasteiger partial charge in [-0.2, -0.15) is 0 Å². The summed E-state index contributed by atoms with van der Waals surface area (Å²) in [5.41, 5.74) is 6.00. The second-order valence-corrected chi connectivity index (χ2v) is 6.51. The molecule has 1 aliphatic heterocycles. The van der Waals surface area contributed by atoms with Crippen molar-refractivity contribution in [1.29, 1.82) is 0 Å². The summed E-state index contributed by atoms with van der Waals surface area (Å²) in [4.78, 5) is 27.4. The van der Waals surface area contributed by atoms with Crippen LogP contribution in [0.4, 0.5) is 0 Å². The van der Waals surface area contributed by atoms with Crippen LogP contribution in [0.25, 0.3) is 0 Å². The normalized spacial score (nSPS) is 18.8. The van der Waals surface area contributed by atoms with Crippen LogP contribution in [-0.4, -0.2) is 67.4 Å². The highest BCUT2D eigenvalue weighted by Gasteiger charge is 2.27. The van der Waals surface area contributed by atoms with E-state index >= 15 is 0 Å². The van der Waals surface area contributed by atoms with Crippen LogP contribution in [0.15, 0.2) is 0 Å². The Morgan fingerprint density at radius 1 is 1.20 bits per heavy atom. The molecule has 6 heteroatoms. The maximum Gasteiger partial charge on any atom is 0.233 e. The highest BCUT2D eigenvalue weighted by molar-refractivity contribution is 5.78. The van der Waals surface area contributed by atoms with E-state index in [2.05, 4.69) is 10.2 Å². The molecule has 1 rings (SSSR count). The Morgan fingerprint density at radius 2 is 1.75 bits per heavy atom. The molecule has 0 saturated carbocycles. The van der Waals surface area contributed by atoms with Gasteiger partial charge in [0.2, 0.25) is 11.8 Å². The molecule has 1 atom stereocenters. The fraction of sp³-hybridized carbons (Fsp3) is 0.857. The van der Waals surface area contributed by atoms with E-state index in [-0.39, 0.29) is 23.3 Å². The van der Waals surface area contributed by atoms with Gasteiger partial charge < -0.3 is 16.0 Å². The van der Waals surface area contributed by atoms with Gasteiger partial charge in [-0.15, -0.1) is 0 Å². The van der Waals surface area contributed by atoms with Crippen LogP contribution in [0.5, 0.6) is 0 Å². The number of nitrogens with one attached hydrogen (secondary N) is 1. The molecule has 2 amide bonds. The molecule has 0 aromatic rings. The number of hydrogen-bond donors (Lipinski definition) is 2. The lowest BCUT2D eigenvalue weighted by Crippen LogP contribution is -2.52. The van der Waals surface area contributed by atoms with Gasteiger partial charge in [0.1, 0.15) is 0 Å². The zero-order valence-electron chi connectivity index (χ0n) is 13.1. The first-order valence-corrected chi connectivity index (χ1v) is 7.20. The summed E-state index contributed by atoms with van der Waals surface area (Å²) in [6.45, 7) is 9.37. The summed E-state index contributed by atoms with van der Waals surface area (Å²) in [6.07, 6.45) is 0.388. The first kappa shape index (κ1) is 16.9. The summed E-state index contributed by atoms with van der Waals surface area (Å²) in [5.74, 6) is 0.131. The van der Waals surface area contributed by atoms with E-state index in [0.717, 1.165) is 13.1 Å². The van der Waals surface area contributed by atoms with Crippen LogP contribution in [0.1, 0.15) is 27.2 Å². The number of nitrogens with zero attached hydrogens (tertiary/aromatic N) is 2. The monoisotopic (exact) mass is 284 g/mol. The van der Waals surface area contributed by atoms with Gasteiger partial charge in [-0.1, -0.05) is 20.8 Å². The van der Waals surface area contributed by atoms with Crippen molar-refractivity contribution < 1.29 is 9.59 Å². The van der Waals surface area contributed by atoms with Crippen LogP contribution in [-0.2, 0) is 9.59 Å². The van der Waals surface area contributed by atoms with Gasteiger partial charge in [0.25, 0.3) is 0 Å². The molecule has 0 aliphatic carbocycles. The molecule has 3 N–H and O–H groups in total. The standard InChI is InChI=1S/C14H28N4O2/c1-14(2,3)11(15)9-13(20)18-7-5-17(6-8-18)10-12(19)16-4/h11H,5-10,15H2,1-4H3,(H,16,19). The summed E-state index contributed by atoms with van der Waals surface area (Å²) >= 11 is 0. The topological polar surface area (TPSA) is 78.7 Å². The van der Waals surface area contributed by atoms with E-state index in [1.807, 2.05) is 25.7 Å². The Kier molecular flexibility index (Phi) is 5.95. The number of hydrogen-bond acceptors (Lipinski definition) is 4. The van der Waals surface area contributed by atoms with Gasteiger partial charge in [-0.05, 0) is 5.41 Å². The Hall–Kier alpha value is -1.14. The SMILES string of the molecule is CNC(=O)CN1CCN(C(=O)CC(N)C(C)(C)C)CC1. The summed E-state index contributed by atoms with van der Waals surface area (Å²) in [7, 11) is 1.63. The van der Waals surface area contributed by atoms with Crippen molar-refractivity contribution in [3.8, 4) is 0 Å². The van der Waals surface area contributed by atoms with Crippen molar-refractivity contribution in [1.82, 2.24) is 15.1 Å². The zero-order valence-corrected chi connectivity index (χ0v) is 13.1.